The molecule has 0 aliphatic heterocycles. The zero-order chi connectivity index (χ0) is 12.6. The maximum absolute atomic E-state index is 8.63. The van der Waals surface area contributed by atoms with Crippen molar-refractivity contribution < 1.29 is 34.6 Å². The van der Waals surface area contributed by atoms with E-state index < -0.39 is 10.4 Å². The monoisotopic (exact) mass is 330 g/mol. The number of nitrogens with one attached hydrogen (secondary N) is 3. The summed E-state index contributed by atoms with van der Waals surface area (Å²) >= 11 is 0. The van der Waals surface area contributed by atoms with Gasteiger partial charge in [0.1, 0.15) is 0 Å². The number of hydrogen-bond acceptors (Lipinski definition) is 6. The maximum atomic E-state index is 8.63. The summed E-state index contributed by atoms with van der Waals surface area (Å²) < 4.78 is 32.8. The molecule has 0 spiro atoms. The molecule has 0 aromatic rings. The average Bonchev–Trinajstić information content (AvgIpc) is 1.86. The Morgan fingerprint density at radius 1 is 0.889 bits per heavy atom. The first-order valence-electron chi connectivity index (χ1n) is 2.77. The molecule has 0 amide bonds. The van der Waals surface area contributed by atoms with Crippen molar-refractivity contribution in [3.63, 3.8) is 0 Å². The summed E-state index contributed by atoms with van der Waals surface area (Å²) in [6.45, 7) is 9.08. The largest absolute Gasteiger partial charge is 3.00 e. The molecule has 0 rings (SSSR count). The van der Waals surface area contributed by atoms with Gasteiger partial charge in [0.2, 0.25) is 10.4 Å². The number of hydrogen-bond donors (Lipinski definition) is 4. The van der Waals surface area contributed by atoms with Crippen LogP contribution in [0.4, 0.5) is 0 Å². The first-order chi connectivity index (χ1) is 6.24. The summed E-state index contributed by atoms with van der Waals surface area (Å²) in [6.07, 6.45) is 3.00. The summed E-state index contributed by atoms with van der Waals surface area (Å²) in [5.41, 5.74) is 17.9. The number of rotatable bonds is 0. The third kappa shape index (κ3) is 2330. The molecule has 0 saturated carbocycles. The normalized spacial score (nSPS) is 5.22. The molecular formula is C6H22FeN6O4S-. The van der Waals surface area contributed by atoms with Gasteiger partial charge < -0.3 is 40.2 Å². The molecule has 12 heteroatoms. The predicted molar refractivity (Wildman–Crippen MR) is 70.9 cm³/mol. The standard InChI is InChI=1S/3C2H4N.Fe.3H3N.H2O4S/c3*1-2-3;;;;;1-5(2,3)4/h3*2-3H,1H2;;3*1H3;(H2,1,2,3,4)/q3*-1;+3;;;;/p-1. The third-order valence-corrected chi connectivity index (χ3v) is 0. The molecule has 0 aromatic heterocycles. The van der Waals surface area contributed by atoms with Crippen molar-refractivity contribution in [1.29, 1.82) is 0 Å². The minimum atomic E-state index is -4.92. The summed E-state index contributed by atoms with van der Waals surface area (Å²) in [5.74, 6) is 0. The van der Waals surface area contributed by atoms with E-state index in [0.29, 0.717) is 0 Å². The second kappa shape index (κ2) is 56.6. The summed E-state index contributed by atoms with van der Waals surface area (Å²) in [4.78, 5) is 0. The van der Waals surface area contributed by atoms with E-state index >= 15 is 0 Å². The molecule has 13 N–H and O–H groups in total. The van der Waals surface area contributed by atoms with Crippen LogP contribution in [-0.2, 0) is 27.5 Å². The van der Waals surface area contributed by atoms with Crippen LogP contribution in [-0.4, -0.2) is 17.5 Å². The molecule has 0 aliphatic rings. The molecule has 1 radical (unpaired) electrons. The predicted octanol–water partition coefficient (Wildman–Crippen LogP) is 3.03. The molecule has 0 aromatic carbocycles. The molecule has 115 valence electrons. The fraction of sp³-hybridized carbons (Fsp3) is 0. The van der Waals surface area contributed by atoms with E-state index in [-0.39, 0.29) is 35.5 Å². The second-order valence-corrected chi connectivity index (χ2v) is 1.90. The van der Waals surface area contributed by atoms with Crippen LogP contribution >= 0.6 is 0 Å². The van der Waals surface area contributed by atoms with E-state index in [4.69, 9.17) is 34.7 Å². The summed E-state index contributed by atoms with van der Waals surface area (Å²) in [5, 5.41) is 0. The SMILES string of the molecule is C=C[NH-].C=C[NH-].C=C[NH-].N.N.N.O=S(=O)([O-])O.[Fe+3]. The van der Waals surface area contributed by atoms with E-state index in [0.717, 1.165) is 18.6 Å². The van der Waals surface area contributed by atoms with Gasteiger partial charge in [-0.2, -0.15) is 18.6 Å². The van der Waals surface area contributed by atoms with Crippen molar-refractivity contribution in [3.8, 4) is 0 Å². The molecule has 0 bridgehead atoms. The van der Waals surface area contributed by atoms with Gasteiger partial charge in [0, 0.05) is 0 Å². The summed E-state index contributed by atoms with van der Waals surface area (Å²) in [6, 6.07) is 0. The van der Waals surface area contributed by atoms with Crippen LogP contribution in [0, 0.1) is 0 Å². The van der Waals surface area contributed by atoms with Gasteiger partial charge in [-0.3, -0.25) is 4.55 Å². The van der Waals surface area contributed by atoms with Crippen LogP contribution in [0.3, 0.4) is 0 Å². The topological polar surface area (TPSA) is 254 Å². The van der Waals surface area contributed by atoms with Crippen LogP contribution in [0.15, 0.2) is 38.3 Å². The van der Waals surface area contributed by atoms with E-state index in [1.54, 1.807) is 0 Å². The molecule has 18 heavy (non-hydrogen) atoms. The van der Waals surface area contributed by atoms with Gasteiger partial charge in [0.25, 0.3) is 0 Å². The molecule has 0 unspecified atom stereocenters. The maximum Gasteiger partial charge on any atom is 3.00 e. The Bertz CT molecular complexity index is 202. The average molecular weight is 330 g/mol. The Hall–Kier alpha value is -1.11. The fourth-order valence-corrected chi connectivity index (χ4v) is 0. The summed E-state index contributed by atoms with van der Waals surface area (Å²) in [7, 11) is -4.92. The fourth-order valence-electron chi connectivity index (χ4n) is 0. The first-order valence-corrected chi connectivity index (χ1v) is 4.14. The Morgan fingerprint density at radius 2 is 0.889 bits per heavy atom. The molecule has 0 fully saturated rings. The second-order valence-electron chi connectivity index (χ2n) is 1.04. The van der Waals surface area contributed by atoms with E-state index in [1.807, 2.05) is 0 Å². The van der Waals surface area contributed by atoms with Gasteiger partial charge >= 0.3 is 17.1 Å². The zero-order valence-corrected chi connectivity index (χ0v) is 11.8. The van der Waals surface area contributed by atoms with Crippen molar-refractivity contribution in [3.05, 3.63) is 55.5 Å². The van der Waals surface area contributed by atoms with Crippen LogP contribution in [0.25, 0.3) is 17.2 Å². The Labute approximate surface area is 119 Å². The smallest absolute Gasteiger partial charge is 0.726 e. The van der Waals surface area contributed by atoms with Crippen molar-refractivity contribution >= 4 is 10.4 Å². The van der Waals surface area contributed by atoms with Crippen LogP contribution in [0.5, 0.6) is 0 Å². The third-order valence-electron chi connectivity index (χ3n) is 0. The van der Waals surface area contributed by atoms with Gasteiger partial charge in [-0.1, -0.05) is 0 Å². The minimum Gasteiger partial charge on any atom is -0.726 e. The molecule has 0 saturated heterocycles. The molecular weight excluding hydrogens is 308 g/mol. The zero-order valence-electron chi connectivity index (χ0n) is 9.91. The molecule has 0 atom stereocenters. The van der Waals surface area contributed by atoms with Gasteiger partial charge in [0.05, 0.1) is 0 Å². The quantitative estimate of drug-likeness (QED) is 0.292. The van der Waals surface area contributed by atoms with Crippen LogP contribution in [0.1, 0.15) is 0 Å². The van der Waals surface area contributed by atoms with E-state index in [1.165, 1.54) is 0 Å². The molecule has 10 nitrogen and oxygen atoms in total. The minimum absolute atomic E-state index is 0. The Balaban J connectivity index is -0.0000000118. The van der Waals surface area contributed by atoms with Crippen molar-refractivity contribution in [2.75, 3.05) is 0 Å². The first kappa shape index (κ1) is 54.0. The van der Waals surface area contributed by atoms with E-state index in [9.17, 15) is 0 Å². The Morgan fingerprint density at radius 3 is 0.889 bits per heavy atom. The molecule has 0 aliphatic carbocycles. The van der Waals surface area contributed by atoms with Crippen LogP contribution < -0.4 is 18.5 Å². The van der Waals surface area contributed by atoms with Crippen molar-refractivity contribution in [2.45, 2.75) is 0 Å². The van der Waals surface area contributed by atoms with Crippen LogP contribution in [0.2, 0.25) is 0 Å². The van der Waals surface area contributed by atoms with Crippen molar-refractivity contribution in [1.82, 2.24) is 18.5 Å². The van der Waals surface area contributed by atoms with Gasteiger partial charge in [-0.25, -0.2) is 8.42 Å². The van der Waals surface area contributed by atoms with Gasteiger partial charge in [-0.05, 0) is 0 Å². The Kier molecular flexibility index (Phi) is 170. The molecule has 0 heterocycles. The van der Waals surface area contributed by atoms with Gasteiger partial charge in [0.15, 0.2) is 0 Å². The van der Waals surface area contributed by atoms with Gasteiger partial charge in [-0.15, -0.1) is 19.7 Å². The van der Waals surface area contributed by atoms with Crippen molar-refractivity contribution in [2.24, 2.45) is 0 Å². The van der Waals surface area contributed by atoms with E-state index in [2.05, 4.69) is 19.7 Å².